The number of anilines is 1. The molecule has 1 heterocycles. The van der Waals surface area contributed by atoms with Gasteiger partial charge in [0.25, 0.3) is 0 Å². The van der Waals surface area contributed by atoms with Crippen molar-refractivity contribution in [3.8, 4) is 0 Å². The SMILES string of the molecule is CC1(C)CN(c2cc(Br)ccc2C(=N)N)CC(CO)O1. The molecule has 6 heteroatoms. The van der Waals surface area contributed by atoms with E-state index in [-0.39, 0.29) is 24.1 Å². The molecule has 0 radical (unpaired) electrons. The predicted molar refractivity (Wildman–Crippen MR) is 83.4 cm³/mol. The van der Waals surface area contributed by atoms with Crippen molar-refractivity contribution < 1.29 is 9.84 Å². The highest BCUT2D eigenvalue weighted by molar-refractivity contribution is 9.10. The molecular formula is C14H20BrN3O2. The number of amidine groups is 1. The summed E-state index contributed by atoms with van der Waals surface area (Å²) in [5, 5.41) is 17.1. The number of halogens is 1. The van der Waals surface area contributed by atoms with Crippen LogP contribution in [0.4, 0.5) is 5.69 Å². The van der Waals surface area contributed by atoms with E-state index < -0.39 is 0 Å². The van der Waals surface area contributed by atoms with Crippen LogP contribution in [0, 0.1) is 5.41 Å². The van der Waals surface area contributed by atoms with Gasteiger partial charge in [0, 0.05) is 28.8 Å². The van der Waals surface area contributed by atoms with Gasteiger partial charge in [0.1, 0.15) is 5.84 Å². The molecule has 5 nitrogen and oxygen atoms in total. The maximum Gasteiger partial charge on any atom is 0.124 e. The van der Waals surface area contributed by atoms with Crippen LogP contribution in [0.5, 0.6) is 0 Å². The molecule has 0 aliphatic carbocycles. The highest BCUT2D eigenvalue weighted by Gasteiger charge is 2.34. The summed E-state index contributed by atoms with van der Waals surface area (Å²) < 4.78 is 6.75. The summed E-state index contributed by atoms with van der Waals surface area (Å²) in [7, 11) is 0. The van der Waals surface area contributed by atoms with Crippen LogP contribution < -0.4 is 10.6 Å². The van der Waals surface area contributed by atoms with Crippen LogP contribution in [0.1, 0.15) is 19.4 Å². The van der Waals surface area contributed by atoms with Crippen molar-refractivity contribution in [2.24, 2.45) is 5.73 Å². The van der Waals surface area contributed by atoms with Crippen molar-refractivity contribution in [3.05, 3.63) is 28.2 Å². The van der Waals surface area contributed by atoms with Gasteiger partial charge >= 0.3 is 0 Å². The number of nitrogens with two attached hydrogens (primary N) is 1. The average Bonchev–Trinajstić information content (AvgIpc) is 2.36. The second kappa shape index (κ2) is 5.71. The van der Waals surface area contributed by atoms with Crippen molar-refractivity contribution in [2.75, 3.05) is 24.6 Å². The summed E-state index contributed by atoms with van der Waals surface area (Å²) in [5.74, 6) is 0.0392. The lowest BCUT2D eigenvalue weighted by molar-refractivity contribution is -0.101. The maximum atomic E-state index is 9.39. The average molecular weight is 342 g/mol. The fourth-order valence-corrected chi connectivity index (χ4v) is 2.92. The van der Waals surface area contributed by atoms with Crippen LogP contribution >= 0.6 is 15.9 Å². The monoisotopic (exact) mass is 341 g/mol. The fourth-order valence-electron chi connectivity index (χ4n) is 2.57. The van der Waals surface area contributed by atoms with Gasteiger partial charge < -0.3 is 20.5 Å². The van der Waals surface area contributed by atoms with Crippen molar-refractivity contribution in [1.29, 1.82) is 5.41 Å². The lowest BCUT2D eigenvalue weighted by Gasteiger charge is -2.44. The van der Waals surface area contributed by atoms with Gasteiger partial charge in [0.05, 0.1) is 18.3 Å². The molecule has 1 aliphatic rings. The quantitative estimate of drug-likeness (QED) is 0.577. The van der Waals surface area contributed by atoms with E-state index in [1.165, 1.54) is 0 Å². The molecule has 1 aliphatic heterocycles. The Morgan fingerprint density at radius 2 is 2.30 bits per heavy atom. The van der Waals surface area contributed by atoms with Gasteiger partial charge in [0.15, 0.2) is 0 Å². The van der Waals surface area contributed by atoms with Crippen LogP contribution in [0.2, 0.25) is 0 Å². The summed E-state index contributed by atoms with van der Waals surface area (Å²) >= 11 is 3.45. The largest absolute Gasteiger partial charge is 0.394 e. The molecular weight excluding hydrogens is 322 g/mol. The van der Waals surface area contributed by atoms with Gasteiger partial charge in [-0.1, -0.05) is 15.9 Å². The third-order valence-corrected chi connectivity index (χ3v) is 3.77. The van der Waals surface area contributed by atoms with Gasteiger partial charge in [-0.05, 0) is 32.0 Å². The number of ether oxygens (including phenoxy) is 1. The molecule has 1 unspecified atom stereocenters. The number of nitrogens with one attached hydrogen (secondary N) is 1. The number of nitrogens with zero attached hydrogens (tertiary/aromatic N) is 1. The molecule has 2 rings (SSSR count). The van der Waals surface area contributed by atoms with Crippen molar-refractivity contribution in [2.45, 2.75) is 25.6 Å². The summed E-state index contributed by atoms with van der Waals surface area (Å²) in [5.41, 5.74) is 6.89. The minimum absolute atomic E-state index is 0.0245. The van der Waals surface area contributed by atoms with Crippen molar-refractivity contribution >= 4 is 27.5 Å². The molecule has 110 valence electrons. The summed E-state index contributed by atoms with van der Waals surface area (Å²) in [4.78, 5) is 2.12. The zero-order valence-corrected chi connectivity index (χ0v) is 13.3. The number of rotatable bonds is 3. The summed E-state index contributed by atoms with van der Waals surface area (Å²) in [6, 6.07) is 5.65. The van der Waals surface area contributed by atoms with Crippen molar-refractivity contribution in [3.63, 3.8) is 0 Å². The normalized spacial score (nSPS) is 21.8. The standard InChI is InChI=1S/C14H20BrN3O2/c1-14(2)8-18(6-10(7-19)20-14)12-5-9(15)3-4-11(12)13(16)17/h3-5,10,19H,6-8H2,1-2H3,(H3,16,17). The number of benzene rings is 1. The number of hydrogen-bond donors (Lipinski definition) is 3. The van der Waals surface area contributed by atoms with E-state index in [4.69, 9.17) is 15.9 Å². The van der Waals surface area contributed by atoms with Gasteiger partial charge in [-0.25, -0.2) is 0 Å². The molecule has 0 amide bonds. The molecule has 1 aromatic rings. The highest BCUT2D eigenvalue weighted by Crippen LogP contribution is 2.30. The van der Waals surface area contributed by atoms with Gasteiger partial charge in [-0.3, -0.25) is 5.41 Å². The van der Waals surface area contributed by atoms with Gasteiger partial charge in [-0.15, -0.1) is 0 Å². The Balaban J connectivity index is 2.39. The van der Waals surface area contributed by atoms with Crippen LogP contribution in [0.3, 0.4) is 0 Å². The fraction of sp³-hybridized carbons (Fsp3) is 0.500. The first-order valence-corrected chi connectivity index (χ1v) is 7.29. The Hall–Kier alpha value is -1.11. The number of aliphatic hydroxyl groups excluding tert-OH is 1. The Labute approximate surface area is 127 Å². The van der Waals surface area contributed by atoms with Crippen LogP contribution in [-0.4, -0.2) is 42.3 Å². The first-order valence-electron chi connectivity index (χ1n) is 6.50. The van der Waals surface area contributed by atoms with Gasteiger partial charge in [-0.2, -0.15) is 0 Å². The maximum absolute atomic E-state index is 9.39. The zero-order chi connectivity index (χ0) is 14.9. The van der Waals surface area contributed by atoms with Crippen LogP contribution in [0.25, 0.3) is 0 Å². The molecule has 20 heavy (non-hydrogen) atoms. The zero-order valence-electron chi connectivity index (χ0n) is 11.7. The van der Waals surface area contributed by atoms with E-state index in [0.717, 1.165) is 10.2 Å². The third kappa shape index (κ3) is 3.31. The predicted octanol–water partition coefficient (Wildman–Crippen LogP) is 1.71. The lowest BCUT2D eigenvalue weighted by Crippen LogP contribution is -2.54. The van der Waals surface area contributed by atoms with E-state index >= 15 is 0 Å². The number of aliphatic hydroxyl groups is 1. The Bertz CT molecular complexity index is 519. The first-order chi connectivity index (χ1) is 9.32. The molecule has 0 aromatic heterocycles. The summed E-state index contributed by atoms with van der Waals surface area (Å²) in [6.45, 7) is 5.22. The smallest absolute Gasteiger partial charge is 0.124 e. The van der Waals surface area contributed by atoms with E-state index in [2.05, 4.69) is 20.8 Å². The summed E-state index contributed by atoms with van der Waals surface area (Å²) in [6.07, 6.45) is -0.238. The number of morpholine rings is 1. The topological polar surface area (TPSA) is 82.6 Å². The number of hydrogen-bond acceptors (Lipinski definition) is 4. The highest BCUT2D eigenvalue weighted by atomic mass is 79.9. The molecule has 1 aromatic carbocycles. The van der Waals surface area contributed by atoms with E-state index in [1.807, 2.05) is 32.0 Å². The number of nitrogen functional groups attached to an aromatic ring is 1. The molecule has 0 bridgehead atoms. The molecule has 4 N–H and O–H groups in total. The van der Waals surface area contributed by atoms with E-state index in [9.17, 15) is 5.11 Å². The lowest BCUT2D eigenvalue weighted by atomic mass is 10.0. The second-order valence-corrected chi connectivity index (χ2v) is 6.55. The molecule has 0 saturated carbocycles. The molecule has 1 saturated heterocycles. The van der Waals surface area contributed by atoms with E-state index in [1.54, 1.807) is 0 Å². The van der Waals surface area contributed by atoms with Gasteiger partial charge in [0.2, 0.25) is 0 Å². The Kier molecular flexibility index (Phi) is 4.36. The van der Waals surface area contributed by atoms with Crippen LogP contribution in [-0.2, 0) is 4.74 Å². The minimum Gasteiger partial charge on any atom is -0.394 e. The van der Waals surface area contributed by atoms with Crippen LogP contribution in [0.15, 0.2) is 22.7 Å². The molecule has 1 atom stereocenters. The van der Waals surface area contributed by atoms with Crippen molar-refractivity contribution in [1.82, 2.24) is 0 Å². The Morgan fingerprint density at radius 3 is 2.90 bits per heavy atom. The third-order valence-electron chi connectivity index (χ3n) is 3.28. The molecule has 0 spiro atoms. The second-order valence-electron chi connectivity index (χ2n) is 5.64. The van der Waals surface area contributed by atoms with E-state index in [0.29, 0.717) is 18.7 Å². The Morgan fingerprint density at radius 1 is 1.60 bits per heavy atom. The minimum atomic E-state index is -0.359. The molecule has 1 fully saturated rings. The first kappa shape index (κ1) is 15.3.